The van der Waals surface area contributed by atoms with Gasteiger partial charge in [-0.15, -0.1) is 0 Å². The number of hydrogen-bond acceptors (Lipinski definition) is 3. The third-order valence-corrected chi connectivity index (χ3v) is 3.00. The first-order chi connectivity index (χ1) is 9.19. The molecule has 0 aliphatic rings. The van der Waals surface area contributed by atoms with Gasteiger partial charge in [0.25, 0.3) is 0 Å². The third kappa shape index (κ3) is 3.79. The molecular weight excluding hydrogens is 242 g/mol. The van der Waals surface area contributed by atoms with Crippen LogP contribution in [0.15, 0.2) is 24.3 Å². The maximum absolute atomic E-state index is 11.7. The molecule has 0 spiro atoms. The number of H-pyrrole nitrogens is 1. The largest absolute Gasteiger partial charge is 0.396 e. The summed E-state index contributed by atoms with van der Waals surface area (Å²) in [5, 5.41) is 11.6. The van der Waals surface area contributed by atoms with Crippen LogP contribution in [0.1, 0.15) is 25.6 Å². The van der Waals surface area contributed by atoms with Gasteiger partial charge in [0.15, 0.2) is 0 Å². The van der Waals surface area contributed by atoms with Gasteiger partial charge in [-0.05, 0) is 25.5 Å². The van der Waals surface area contributed by atoms with Crippen molar-refractivity contribution >= 4 is 16.9 Å². The number of aromatic amines is 1. The SMILES string of the molecule is CC(CCO)NC(=O)CCc1nc2ccccc2[nH]1. The van der Waals surface area contributed by atoms with Crippen molar-refractivity contribution in [2.24, 2.45) is 0 Å². The highest BCUT2D eigenvalue weighted by molar-refractivity contribution is 5.77. The van der Waals surface area contributed by atoms with Gasteiger partial charge in [-0.25, -0.2) is 4.98 Å². The first kappa shape index (κ1) is 13.5. The van der Waals surface area contributed by atoms with Gasteiger partial charge in [-0.1, -0.05) is 12.1 Å². The summed E-state index contributed by atoms with van der Waals surface area (Å²) < 4.78 is 0. The van der Waals surface area contributed by atoms with Gasteiger partial charge in [0.05, 0.1) is 11.0 Å². The number of benzene rings is 1. The molecule has 0 aliphatic heterocycles. The third-order valence-electron chi connectivity index (χ3n) is 3.00. The number of para-hydroxylation sites is 2. The van der Waals surface area contributed by atoms with E-state index in [9.17, 15) is 4.79 Å². The molecule has 1 atom stereocenters. The maximum atomic E-state index is 11.7. The number of carbonyl (C=O) groups is 1. The fourth-order valence-electron chi connectivity index (χ4n) is 1.97. The van der Waals surface area contributed by atoms with Gasteiger partial charge >= 0.3 is 0 Å². The molecule has 19 heavy (non-hydrogen) atoms. The molecule has 0 saturated carbocycles. The van der Waals surface area contributed by atoms with Crippen LogP contribution in [0.5, 0.6) is 0 Å². The zero-order valence-corrected chi connectivity index (χ0v) is 11.0. The lowest BCUT2D eigenvalue weighted by Gasteiger charge is -2.11. The van der Waals surface area contributed by atoms with Gasteiger partial charge in [-0.2, -0.15) is 0 Å². The van der Waals surface area contributed by atoms with Crippen LogP contribution in [0, 0.1) is 0 Å². The van der Waals surface area contributed by atoms with Crippen molar-refractivity contribution in [1.82, 2.24) is 15.3 Å². The van der Waals surface area contributed by atoms with Crippen molar-refractivity contribution in [3.05, 3.63) is 30.1 Å². The van der Waals surface area contributed by atoms with E-state index in [4.69, 9.17) is 5.11 Å². The molecule has 0 saturated heterocycles. The van der Waals surface area contributed by atoms with Crippen molar-refractivity contribution < 1.29 is 9.90 Å². The van der Waals surface area contributed by atoms with Gasteiger partial charge in [0, 0.05) is 25.5 Å². The number of amides is 1. The van der Waals surface area contributed by atoms with Crippen LogP contribution in [0.3, 0.4) is 0 Å². The van der Waals surface area contributed by atoms with E-state index in [1.165, 1.54) is 0 Å². The first-order valence-electron chi connectivity index (χ1n) is 6.53. The van der Waals surface area contributed by atoms with E-state index in [0.29, 0.717) is 19.3 Å². The maximum Gasteiger partial charge on any atom is 0.220 e. The minimum atomic E-state index is -0.0126. The van der Waals surface area contributed by atoms with Crippen LogP contribution in [-0.4, -0.2) is 33.6 Å². The highest BCUT2D eigenvalue weighted by atomic mass is 16.3. The van der Waals surface area contributed by atoms with Crippen LogP contribution in [-0.2, 0) is 11.2 Å². The molecule has 102 valence electrons. The number of hydrogen-bond donors (Lipinski definition) is 3. The molecule has 1 amide bonds. The molecule has 3 N–H and O–H groups in total. The average molecular weight is 261 g/mol. The Morgan fingerprint density at radius 3 is 3.00 bits per heavy atom. The predicted molar refractivity (Wildman–Crippen MR) is 73.7 cm³/mol. The molecule has 5 heteroatoms. The van der Waals surface area contributed by atoms with Crippen molar-refractivity contribution in [3.63, 3.8) is 0 Å². The van der Waals surface area contributed by atoms with E-state index in [-0.39, 0.29) is 18.6 Å². The van der Waals surface area contributed by atoms with Gasteiger partial charge in [-0.3, -0.25) is 4.79 Å². The summed E-state index contributed by atoms with van der Waals surface area (Å²) in [7, 11) is 0. The number of imidazole rings is 1. The lowest BCUT2D eigenvalue weighted by molar-refractivity contribution is -0.121. The highest BCUT2D eigenvalue weighted by Crippen LogP contribution is 2.11. The number of aromatic nitrogens is 2. The van der Waals surface area contributed by atoms with Crippen molar-refractivity contribution in [3.8, 4) is 0 Å². The second kappa shape index (κ2) is 6.33. The number of aliphatic hydroxyl groups excluding tert-OH is 1. The van der Waals surface area contributed by atoms with Gasteiger partial charge in [0.2, 0.25) is 5.91 Å². The first-order valence-corrected chi connectivity index (χ1v) is 6.53. The number of fused-ring (bicyclic) bond motifs is 1. The van der Waals surface area contributed by atoms with Gasteiger partial charge in [0.1, 0.15) is 5.82 Å². The summed E-state index contributed by atoms with van der Waals surface area (Å²) in [6.07, 6.45) is 1.57. The summed E-state index contributed by atoms with van der Waals surface area (Å²) in [5.74, 6) is 0.813. The number of carbonyl (C=O) groups excluding carboxylic acids is 1. The summed E-state index contributed by atoms with van der Waals surface area (Å²) in [4.78, 5) is 19.3. The van der Waals surface area contributed by atoms with E-state index in [0.717, 1.165) is 16.9 Å². The van der Waals surface area contributed by atoms with Crippen LogP contribution in [0.4, 0.5) is 0 Å². The molecule has 5 nitrogen and oxygen atoms in total. The Morgan fingerprint density at radius 2 is 2.26 bits per heavy atom. The second-order valence-corrected chi connectivity index (χ2v) is 4.68. The quantitative estimate of drug-likeness (QED) is 0.735. The van der Waals surface area contributed by atoms with Crippen molar-refractivity contribution in [1.29, 1.82) is 0 Å². The molecule has 1 unspecified atom stereocenters. The molecule has 0 radical (unpaired) electrons. The average Bonchev–Trinajstić information content (AvgIpc) is 2.79. The molecule has 0 fully saturated rings. The zero-order valence-electron chi connectivity index (χ0n) is 11.0. The van der Waals surface area contributed by atoms with Crippen LogP contribution < -0.4 is 5.32 Å². The number of aliphatic hydroxyl groups is 1. The Kier molecular flexibility index (Phi) is 4.52. The fraction of sp³-hybridized carbons (Fsp3) is 0.429. The fourth-order valence-corrected chi connectivity index (χ4v) is 1.97. The molecule has 1 aromatic heterocycles. The van der Waals surface area contributed by atoms with Crippen molar-refractivity contribution in [2.45, 2.75) is 32.2 Å². The Bertz CT molecular complexity index is 517. The number of rotatable bonds is 6. The molecule has 2 aromatic rings. The summed E-state index contributed by atoms with van der Waals surface area (Å²) >= 11 is 0. The van der Waals surface area contributed by atoms with Crippen molar-refractivity contribution in [2.75, 3.05) is 6.61 Å². The lowest BCUT2D eigenvalue weighted by atomic mass is 10.2. The Hall–Kier alpha value is -1.88. The van der Waals surface area contributed by atoms with E-state index < -0.39 is 0 Å². The van der Waals surface area contributed by atoms with E-state index >= 15 is 0 Å². The monoisotopic (exact) mass is 261 g/mol. The predicted octanol–water partition coefficient (Wildman–Crippen LogP) is 1.38. The molecular formula is C14H19N3O2. The minimum absolute atomic E-state index is 0.00757. The summed E-state index contributed by atoms with van der Waals surface area (Å²) in [6.45, 7) is 1.97. The van der Waals surface area contributed by atoms with Gasteiger partial charge < -0.3 is 15.4 Å². The van der Waals surface area contributed by atoms with Crippen LogP contribution in [0.2, 0.25) is 0 Å². The standard InChI is InChI=1S/C14H19N3O2/c1-10(8-9-18)15-14(19)7-6-13-16-11-4-2-3-5-12(11)17-13/h2-5,10,18H,6-9H2,1H3,(H,15,19)(H,16,17). The van der Waals surface area contributed by atoms with Crippen LogP contribution >= 0.6 is 0 Å². The smallest absolute Gasteiger partial charge is 0.220 e. The minimum Gasteiger partial charge on any atom is -0.396 e. The van der Waals surface area contributed by atoms with E-state index in [2.05, 4.69) is 15.3 Å². The van der Waals surface area contributed by atoms with Crippen LogP contribution in [0.25, 0.3) is 11.0 Å². The molecule has 1 heterocycles. The normalized spacial score (nSPS) is 12.5. The zero-order chi connectivity index (χ0) is 13.7. The lowest BCUT2D eigenvalue weighted by Crippen LogP contribution is -2.33. The van der Waals surface area contributed by atoms with E-state index in [1.807, 2.05) is 31.2 Å². The topological polar surface area (TPSA) is 78.0 Å². The van der Waals surface area contributed by atoms with E-state index in [1.54, 1.807) is 0 Å². The summed E-state index contributed by atoms with van der Waals surface area (Å²) in [6, 6.07) is 7.81. The molecule has 0 bridgehead atoms. The Balaban J connectivity index is 1.86. The molecule has 2 rings (SSSR count). The number of nitrogens with zero attached hydrogens (tertiary/aromatic N) is 1. The Morgan fingerprint density at radius 1 is 1.47 bits per heavy atom. The molecule has 0 aliphatic carbocycles. The summed E-state index contributed by atoms with van der Waals surface area (Å²) in [5.41, 5.74) is 1.91. The molecule has 1 aromatic carbocycles. The highest BCUT2D eigenvalue weighted by Gasteiger charge is 2.08. The Labute approximate surface area is 112 Å². The number of nitrogens with one attached hydrogen (secondary N) is 2. The second-order valence-electron chi connectivity index (χ2n) is 4.68. The number of aryl methyl sites for hydroxylation is 1.